The fourth-order valence-corrected chi connectivity index (χ4v) is 3.33. The molecule has 0 N–H and O–H groups in total. The van der Waals surface area contributed by atoms with Crippen LogP contribution in [0.25, 0.3) is 0 Å². The lowest BCUT2D eigenvalue weighted by Gasteiger charge is -2.46. The van der Waals surface area contributed by atoms with Crippen LogP contribution in [0.5, 0.6) is 0 Å². The molecular formula is C15H26N2O2. The van der Waals surface area contributed by atoms with Gasteiger partial charge in [-0.3, -0.25) is 4.90 Å². The summed E-state index contributed by atoms with van der Waals surface area (Å²) in [6, 6.07) is 2.91. The summed E-state index contributed by atoms with van der Waals surface area (Å²) in [6.45, 7) is 8.60. The first-order valence-corrected chi connectivity index (χ1v) is 7.54. The first-order chi connectivity index (χ1) is 9.19. The molecule has 1 spiro atoms. The minimum atomic E-state index is 0.0461. The van der Waals surface area contributed by atoms with Crippen LogP contribution in [-0.4, -0.2) is 49.5 Å². The highest BCUT2D eigenvalue weighted by molar-refractivity contribution is 4.93. The summed E-state index contributed by atoms with van der Waals surface area (Å²) in [7, 11) is 0. The van der Waals surface area contributed by atoms with E-state index in [-0.39, 0.29) is 11.5 Å². The van der Waals surface area contributed by atoms with Crippen molar-refractivity contribution in [2.45, 2.75) is 51.2 Å². The van der Waals surface area contributed by atoms with Gasteiger partial charge in [0.2, 0.25) is 0 Å². The minimum absolute atomic E-state index is 0.0461. The average molecular weight is 266 g/mol. The van der Waals surface area contributed by atoms with E-state index in [1.165, 1.54) is 0 Å². The van der Waals surface area contributed by atoms with Gasteiger partial charge in [-0.15, -0.1) is 0 Å². The number of rotatable bonds is 4. The first-order valence-electron chi connectivity index (χ1n) is 7.54. The number of hydrogen-bond acceptors (Lipinski definition) is 4. The van der Waals surface area contributed by atoms with Crippen LogP contribution in [0.1, 0.15) is 39.5 Å². The smallest absolute Gasteiger partial charge is 0.0741 e. The Kier molecular flexibility index (Phi) is 5.20. The van der Waals surface area contributed by atoms with Gasteiger partial charge in [-0.25, -0.2) is 0 Å². The summed E-state index contributed by atoms with van der Waals surface area (Å²) in [5.41, 5.74) is 0.0461. The minimum Gasteiger partial charge on any atom is -0.381 e. The van der Waals surface area contributed by atoms with Gasteiger partial charge in [0, 0.05) is 32.4 Å². The molecule has 19 heavy (non-hydrogen) atoms. The van der Waals surface area contributed by atoms with Crippen LogP contribution in [0.15, 0.2) is 0 Å². The summed E-state index contributed by atoms with van der Waals surface area (Å²) in [4.78, 5) is 2.47. The third-order valence-corrected chi connectivity index (χ3v) is 4.52. The van der Waals surface area contributed by atoms with E-state index < -0.39 is 0 Å². The van der Waals surface area contributed by atoms with Crippen molar-refractivity contribution < 1.29 is 9.47 Å². The average Bonchev–Trinajstić information content (AvgIpc) is 2.45. The van der Waals surface area contributed by atoms with Crippen molar-refractivity contribution in [3.05, 3.63) is 0 Å². The molecule has 0 amide bonds. The Morgan fingerprint density at radius 1 is 1.37 bits per heavy atom. The zero-order chi connectivity index (χ0) is 13.7. The Morgan fingerprint density at radius 3 is 2.74 bits per heavy atom. The van der Waals surface area contributed by atoms with Crippen molar-refractivity contribution in [2.24, 2.45) is 5.92 Å². The van der Waals surface area contributed by atoms with E-state index in [1.807, 2.05) is 6.92 Å². The second-order valence-electron chi connectivity index (χ2n) is 5.91. The van der Waals surface area contributed by atoms with Gasteiger partial charge in [0.15, 0.2) is 0 Å². The molecule has 108 valence electrons. The van der Waals surface area contributed by atoms with Crippen molar-refractivity contribution in [1.29, 1.82) is 5.26 Å². The zero-order valence-electron chi connectivity index (χ0n) is 12.2. The van der Waals surface area contributed by atoms with Crippen molar-refractivity contribution in [1.82, 2.24) is 4.90 Å². The van der Waals surface area contributed by atoms with Crippen LogP contribution in [0.3, 0.4) is 0 Å². The quantitative estimate of drug-likeness (QED) is 0.782. The van der Waals surface area contributed by atoms with Gasteiger partial charge in [-0.1, -0.05) is 6.92 Å². The van der Waals surface area contributed by atoms with Crippen molar-refractivity contribution in [3.63, 3.8) is 0 Å². The van der Waals surface area contributed by atoms with Crippen LogP contribution in [0.2, 0.25) is 0 Å². The molecule has 0 aromatic rings. The molecule has 2 saturated heterocycles. The Balaban J connectivity index is 1.96. The van der Waals surface area contributed by atoms with E-state index in [1.54, 1.807) is 0 Å². The fourth-order valence-electron chi connectivity index (χ4n) is 3.33. The first kappa shape index (κ1) is 14.8. The van der Waals surface area contributed by atoms with E-state index in [0.717, 1.165) is 58.6 Å². The van der Waals surface area contributed by atoms with Crippen molar-refractivity contribution in [2.75, 3.05) is 32.9 Å². The van der Waals surface area contributed by atoms with Gasteiger partial charge >= 0.3 is 0 Å². The lowest BCUT2D eigenvalue weighted by molar-refractivity contribution is -0.151. The number of hydrogen-bond donors (Lipinski definition) is 0. The molecule has 2 rings (SSSR count). The summed E-state index contributed by atoms with van der Waals surface area (Å²) in [5.74, 6) is 0.105. The molecule has 2 heterocycles. The zero-order valence-corrected chi connectivity index (χ0v) is 12.2. The third kappa shape index (κ3) is 3.68. The number of nitriles is 1. The molecule has 2 atom stereocenters. The maximum Gasteiger partial charge on any atom is 0.0741 e. The number of ether oxygens (including phenoxy) is 2. The molecule has 0 saturated carbocycles. The molecule has 2 aliphatic rings. The van der Waals surface area contributed by atoms with Gasteiger partial charge in [0.25, 0.3) is 0 Å². The van der Waals surface area contributed by atoms with Gasteiger partial charge in [-0.05, 0) is 39.2 Å². The lowest BCUT2D eigenvalue weighted by Crippen LogP contribution is -2.51. The Bertz CT molecular complexity index is 315. The maximum absolute atomic E-state index is 9.00. The second-order valence-corrected chi connectivity index (χ2v) is 5.91. The molecule has 0 bridgehead atoms. The molecule has 0 radical (unpaired) electrons. The molecule has 2 aliphatic heterocycles. The summed E-state index contributed by atoms with van der Waals surface area (Å²) < 4.78 is 11.6. The molecule has 0 aliphatic carbocycles. The maximum atomic E-state index is 9.00. The van der Waals surface area contributed by atoms with Crippen LogP contribution in [-0.2, 0) is 9.47 Å². The SMILES string of the molecule is CCN(CC(C)C#N)C1CCOC2(CCOCC2)C1. The van der Waals surface area contributed by atoms with Crippen LogP contribution in [0, 0.1) is 17.2 Å². The van der Waals surface area contributed by atoms with E-state index >= 15 is 0 Å². The van der Waals surface area contributed by atoms with Crippen LogP contribution < -0.4 is 0 Å². The molecule has 4 nitrogen and oxygen atoms in total. The monoisotopic (exact) mass is 266 g/mol. The van der Waals surface area contributed by atoms with Gasteiger partial charge in [-0.2, -0.15) is 5.26 Å². The topological polar surface area (TPSA) is 45.5 Å². The van der Waals surface area contributed by atoms with Crippen LogP contribution in [0.4, 0.5) is 0 Å². The van der Waals surface area contributed by atoms with E-state index in [0.29, 0.717) is 6.04 Å². The Hall–Kier alpha value is -0.630. The van der Waals surface area contributed by atoms with E-state index in [2.05, 4.69) is 17.9 Å². The highest BCUT2D eigenvalue weighted by Gasteiger charge is 2.40. The molecular weight excluding hydrogens is 240 g/mol. The van der Waals surface area contributed by atoms with Crippen molar-refractivity contribution >= 4 is 0 Å². The summed E-state index contributed by atoms with van der Waals surface area (Å²) in [6.07, 6.45) is 4.24. The predicted octanol–water partition coefficient (Wildman–Crippen LogP) is 2.20. The molecule has 4 heteroatoms. The third-order valence-electron chi connectivity index (χ3n) is 4.52. The Morgan fingerprint density at radius 2 is 2.11 bits per heavy atom. The van der Waals surface area contributed by atoms with E-state index in [9.17, 15) is 0 Å². The molecule has 2 fully saturated rings. The lowest BCUT2D eigenvalue weighted by atomic mass is 9.83. The molecule has 0 aromatic heterocycles. The van der Waals surface area contributed by atoms with Gasteiger partial charge in [0.05, 0.1) is 17.6 Å². The van der Waals surface area contributed by atoms with E-state index in [4.69, 9.17) is 14.7 Å². The largest absolute Gasteiger partial charge is 0.381 e. The molecule has 2 unspecified atom stereocenters. The Labute approximate surface area is 116 Å². The highest BCUT2D eigenvalue weighted by Crippen LogP contribution is 2.36. The van der Waals surface area contributed by atoms with Crippen molar-refractivity contribution in [3.8, 4) is 6.07 Å². The number of nitrogens with zero attached hydrogens (tertiary/aromatic N) is 2. The summed E-state index contributed by atoms with van der Waals surface area (Å²) >= 11 is 0. The normalized spacial score (nSPS) is 28.2. The molecule has 0 aromatic carbocycles. The van der Waals surface area contributed by atoms with Gasteiger partial charge < -0.3 is 9.47 Å². The highest BCUT2D eigenvalue weighted by atomic mass is 16.5. The van der Waals surface area contributed by atoms with Gasteiger partial charge in [0.1, 0.15) is 0 Å². The summed E-state index contributed by atoms with van der Waals surface area (Å²) in [5, 5.41) is 9.00. The predicted molar refractivity (Wildman–Crippen MR) is 73.8 cm³/mol. The van der Waals surface area contributed by atoms with Crippen LogP contribution >= 0.6 is 0 Å². The fraction of sp³-hybridized carbons (Fsp3) is 0.933. The second kappa shape index (κ2) is 6.69. The standard InChI is InChI=1S/C15H26N2O2/c1-3-17(12-13(2)11-16)14-4-7-19-15(10-14)5-8-18-9-6-15/h13-14H,3-10,12H2,1-2H3.